The van der Waals surface area contributed by atoms with Gasteiger partial charge in [-0.05, 0) is 48.6 Å². The van der Waals surface area contributed by atoms with Gasteiger partial charge in [0, 0.05) is 112 Å². The first-order valence-corrected chi connectivity index (χ1v) is 31.3. The average Bonchev–Trinajstić information content (AvgIpc) is 1.46. The molecule has 7 aromatic heterocycles. The molecule has 0 amide bonds. The predicted octanol–water partition coefficient (Wildman–Crippen LogP) is 17.5. The van der Waals surface area contributed by atoms with Crippen LogP contribution in [0.25, 0.3) is 90.9 Å². The number of rotatable bonds is 12. The van der Waals surface area contributed by atoms with E-state index in [9.17, 15) is 0 Å². The summed E-state index contributed by atoms with van der Waals surface area (Å²) in [6.07, 6.45) is 15.2. The molecule has 11 aromatic rings. The van der Waals surface area contributed by atoms with Crippen LogP contribution in [0.1, 0.15) is 22.8 Å². The Hall–Kier alpha value is -9.64. The minimum Gasteiger partial charge on any atom is -0.354 e. The van der Waals surface area contributed by atoms with Crippen LogP contribution in [0.4, 0.5) is 70.2 Å². The number of aromatic amines is 2. The summed E-state index contributed by atoms with van der Waals surface area (Å²) in [5.41, 5.74) is -16.2. The summed E-state index contributed by atoms with van der Waals surface area (Å²) in [4.78, 5) is 9.67. The fraction of sp³-hybridized carbons (Fsp3) is 0.0588. The molecule has 0 atom stereocenters. The summed E-state index contributed by atoms with van der Waals surface area (Å²) in [6, 6.07) is 14.5. The van der Waals surface area contributed by atoms with E-state index in [2.05, 4.69) is 19.9 Å². The van der Waals surface area contributed by atoms with Crippen molar-refractivity contribution < 1.29 is 88.5 Å². The van der Waals surface area contributed by atoms with Gasteiger partial charge in [-0.15, -0.1) is 0 Å². The van der Waals surface area contributed by atoms with Gasteiger partial charge >= 0.3 is 0 Å². The number of hydrogen-bond donors (Lipinski definition) is 2. The van der Waals surface area contributed by atoms with E-state index in [1.807, 2.05) is 0 Å². The van der Waals surface area contributed by atoms with Crippen LogP contribution >= 0.6 is 47.0 Å². The molecule has 2 N–H and O–H groups in total. The van der Waals surface area contributed by atoms with Crippen LogP contribution in [0.5, 0.6) is 0 Å². The topological polar surface area (TPSA) is 72.9 Å². The van der Waals surface area contributed by atoms with E-state index in [1.165, 1.54) is 98.1 Å². The van der Waals surface area contributed by atoms with Crippen LogP contribution in [-0.2, 0) is 28.2 Å². The highest BCUT2D eigenvalue weighted by molar-refractivity contribution is 8.00. The summed E-state index contributed by atoms with van der Waals surface area (Å²) < 4.78 is 279. The first-order valence-electron chi connectivity index (χ1n) is 28.0. The summed E-state index contributed by atoms with van der Waals surface area (Å²) in [5.74, 6) is -32.7. The Kier molecular flexibility index (Phi) is 17.3. The number of aromatic nitrogens is 8. The number of pyridine rings is 4. The molecule has 0 saturated carbocycles. The van der Waals surface area contributed by atoms with E-state index in [4.69, 9.17) is 0 Å². The van der Waals surface area contributed by atoms with E-state index in [0.29, 0.717) is 0 Å². The first-order chi connectivity index (χ1) is 45.9. The lowest BCUT2D eigenvalue weighted by Gasteiger charge is -2.14. The molecule has 28 heteroatoms. The highest BCUT2D eigenvalue weighted by Crippen LogP contribution is 2.49. The predicted molar refractivity (Wildman–Crippen MR) is 327 cm³/mol. The molecular weight excluding hydrogens is 1360 g/mol. The first kappa shape index (κ1) is 65.0. The van der Waals surface area contributed by atoms with Gasteiger partial charge in [0.2, 0.25) is 0 Å². The number of nitrogens with zero attached hydrogens (tertiary/aromatic N) is 6. The van der Waals surface area contributed by atoms with Crippen LogP contribution in [0.3, 0.4) is 0 Å². The van der Waals surface area contributed by atoms with Crippen molar-refractivity contribution in [1.29, 1.82) is 0 Å². The lowest BCUT2D eigenvalue weighted by molar-refractivity contribution is -0.671. The van der Waals surface area contributed by atoms with Crippen molar-refractivity contribution in [3.8, 4) is 44.5 Å². The Morgan fingerprint density at radius 1 is 0.240 bits per heavy atom. The van der Waals surface area contributed by atoms with Crippen molar-refractivity contribution in [3.05, 3.63) is 238 Å². The molecule has 8 bridgehead atoms. The second-order valence-electron chi connectivity index (χ2n) is 21.5. The smallest absolute Gasteiger partial charge is 0.176 e. The van der Waals surface area contributed by atoms with Crippen molar-refractivity contribution in [2.45, 2.75) is 39.2 Å². The van der Waals surface area contributed by atoms with E-state index < -0.39 is 202 Å². The SMILES string of the molecule is C[n+]1ccc(Sc2c(F)c(F)c(-c3c4nc(c(-c5c(F)c(F)c(Sc6cc[n+](C)cc6)c(F)c5F)c5ccc([nH]5)c(-c5c(F)c(F)c(Sc6cc[n+](C)cc6)c(F)c5F)c5nc(c(-c6c(F)c(F)c(Sc7cc[n+](C)cc7)c(F)c6F)c6ccc3[nH]6)C=C5)C=C4)c(F)c2F)cc1. The summed E-state index contributed by atoms with van der Waals surface area (Å²) in [5, 5.41) is 0. The minimum atomic E-state index is -2.10. The maximum absolute atomic E-state index is 17.3. The molecule has 9 heterocycles. The maximum atomic E-state index is 17.3. The highest BCUT2D eigenvalue weighted by Gasteiger charge is 2.36. The van der Waals surface area contributed by atoms with Crippen LogP contribution in [-0.4, -0.2) is 19.9 Å². The molecule has 0 aliphatic carbocycles. The molecule has 0 radical (unpaired) electrons. The average molecular weight is 1400 g/mol. The highest BCUT2D eigenvalue weighted by atomic mass is 32.2. The van der Waals surface area contributed by atoms with Crippen molar-refractivity contribution in [2.24, 2.45) is 28.2 Å². The van der Waals surface area contributed by atoms with Crippen molar-refractivity contribution in [1.82, 2.24) is 19.9 Å². The molecule has 482 valence electrons. The van der Waals surface area contributed by atoms with Crippen LogP contribution in [0.2, 0.25) is 0 Å². The molecule has 4 aromatic carbocycles. The van der Waals surface area contributed by atoms with Crippen LogP contribution in [0, 0.1) is 93.1 Å². The molecule has 0 spiro atoms. The van der Waals surface area contributed by atoms with Crippen molar-refractivity contribution in [3.63, 3.8) is 0 Å². The number of nitrogens with one attached hydrogen (secondary N) is 2. The van der Waals surface area contributed by atoms with Gasteiger partial charge in [0.15, 0.2) is 143 Å². The van der Waals surface area contributed by atoms with E-state index in [1.54, 1.807) is 46.5 Å². The minimum absolute atomic E-state index is 0.0973. The largest absolute Gasteiger partial charge is 0.354 e. The molecule has 8 nitrogen and oxygen atoms in total. The van der Waals surface area contributed by atoms with Crippen LogP contribution < -0.4 is 18.3 Å². The Morgan fingerprint density at radius 3 is 0.573 bits per heavy atom. The summed E-state index contributed by atoms with van der Waals surface area (Å²) in [6.45, 7) is 0. The second-order valence-corrected chi connectivity index (χ2v) is 25.9. The third-order valence-electron chi connectivity index (χ3n) is 15.3. The van der Waals surface area contributed by atoms with E-state index in [-0.39, 0.29) is 66.6 Å². The van der Waals surface area contributed by atoms with E-state index >= 15 is 70.2 Å². The third-order valence-corrected chi connectivity index (χ3v) is 19.6. The zero-order valence-electron chi connectivity index (χ0n) is 49.2. The Bertz CT molecular complexity index is 4590. The summed E-state index contributed by atoms with van der Waals surface area (Å²) in [7, 11) is 6.47. The molecule has 13 rings (SSSR count). The van der Waals surface area contributed by atoms with Gasteiger partial charge in [0.25, 0.3) is 0 Å². The number of H-pyrrole nitrogens is 2. The fourth-order valence-corrected chi connectivity index (χ4v) is 14.0. The van der Waals surface area contributed by atoms with Gasteiger partial charge in [0.05, 0.1) is 64.6 Å². The summed E-state index contributed by atoms with van der Waals surface area (Å²) >= 11 is 1.10. The van der Waals surface area contributed by atoms with Gasteiger partial charge in [-0.25, -0.2) is 98.5 Å². The number of fused-ring (bicyclic) bond motifs is 8. The third kappa shape index (κ3) is 11.4. The second kappa shape index (κ2) is 25.5. The quantitative estimate of drug-likeness (QED) is 0.0721. The number of hydrogen-bond acceptors (Lipinski definition) is 6. The van der Waals surface area contributed by atoms with Gasteiger partial charge in [-0.2, -0.15) is 0 Å². The fourth-order valence-electron chi connectivity index (χ4n) is 10.6. The standard InChI is InChI=1S/C68H38F16N8S4/c1-89-21-13-29(14-22-89)93-65-57(77)49(69)45(50(70)58(65)78)41-33-5-7-35(85-33)42(46-51(71)59(79)66(60(80)52(46)72)94-30-15-23-90(2)24-16-30)37-9-11-39(87-37)44(48-55(75)63(83)68(64(84)56(48)76)96-32-19-27-92(4)28-20-32)40-12-10-38(88-40)43(36-8-6-34(41)86-36)47-53(73)61(81)67(62(82)54(47)74)95-31-17-25-91(3)26-18-31/h5-28,85,88H,1-4H3/q+4. The molecule has 2 aliphatic heterocycles. The van der Waals surface area contributed by atoms with E-state index in [0.717, 1.165) is 48.6 Å². The zero-order valence-corrected chi connectivity index (χ0v) is 52.5. The van der Waals surface area contributed by atoms with Crippen molar-refractivity contribution >= 4 is 93.4 Å². The zero-order chi connectivity index (χ0) is 68.0. The normalized spacial score (nSPS) is 12.0. The number of aryl methyl sites for hydroxylation is 4. The molecule has 0 fully saturated rings. The molecule has 2 aliphatic rings. The van der Waals surface area contributed by atoms with Gasteiger partial charge < -0.3 is 9.97 Å². The van der Waals surface area contributed by atoms with Gasteiger partial charge in [-0.1, -0.05) is 47.0 Å². The molecule has 0 saturated heterocycles. The molecule has 0 unspecified atom stereocenters. The number of benzene rings is 4. The lowest BCUT2D eigenvalue weighted by atomic mass is 10.0. The Morgan fingerprint density at radius 2 is 0.406 bits per heavy atom. The molecule has 96 heavy (non-hydrogen) atoms. The Balaban J connectivity index is 1.17. The van der Waals surface area contributed by atoms with Crippen LogP contribution in [0.15, 0.2) is 162 Å². The monoisotopic (exact) mass is 1400 g/mol. The lowest BCUT2D eigenvalue weighted by Crippen LogP contribution is -2.25. The number of halogens is 16. The Labute approximate surface area is 549 Å². The maximum Gasteiger partial charge on any atom is 0.176 e. The van der Waals surface area contributed by atoms with Gasteiger partial charge in [-0.3, -0.25) is 0 Å². The molecular formula is C68H38F16N8S4+4. The van der Waals surface area contributed by atoms with Gasteiger partial charge in [0.1, 0.15) is 28.2 Å². The van der Waals surface area contributed by atoms with Crippen molar-refractivity contribution in [2.75, 3.05) is 0 Å².